The SMILES string of the molecule is N#Cc1ccc(Cl)cc1N1CCN(C2CC2)CC1. The first-order valence-electron chi connectivity index (χ1n) is 6.46. The van der Waals surface area contributed by atoms with Crippen LogP contribution in [0.25, 0.3) is 0 Å². The maximum atomic E-state index is 9.16. The van der Waals surface area contributed by atoms with E-state index < -0.39 is 0 Å². The zero-order chi connectivity index (χ0) is 12.5. The Bertz CT molecular complexity index is 482. The molecule has 2 fully saturated rings. The van der Waals surface area contributed by atoms with Gasteiger partial charge in [-0.05, 0) is 31.0 Å². The second-order valence-corrected chi connectivity index (χ2v) is 5.46. The highest BCUT2D eigenvalue weighted by Crippen LogP contribution is 2.30. The third kappa shape index (κ3) is 2.31. The first kappa shape index (κ1) is 11.8. The molecule has 0 atom stereocenters. The fourth-order valence-corrected chi connectivity index (χ4v) is 2.79. The van der Waals surface area contributed by atoms with E-state index in [-0.39, 0.29) is 0 Å². The van der Waals surface area contributed by atoms with Gasteiger partial charge in [0.05, 0.1) is 11.3 Å². The molecule has 0 unspecified atom stereocenters. The molecule has 1 aliphatic heterocycles. The molecular formula is C14H16ClN3. The van der Waals surface area contributed by atoms with E-state index in [1.165, 1.54) is 12.8 Å². The van der Waals surface area contributed by atoms with Crippen LogP contribution in [0.3, 0.4) is 0 Å². The van der Waals surface area contributed by atoms with Crippen molar-refractivity contribution in [2.45, 2.75) is 18.9 Å². The Balaban J connectivity index is 1.75. The summed E-state index contributed by atoms with van der Waals surface area (Å²) in [5.41, 5.74) is 1.71. The van der Waals surface area contributed by atoms with E-state index in [1.807, 2.05) is 12.1 Å². The third-order valence-corrected chi connectivity index (χ3v) is 4.03. The van der Waals surface area contributed by atoms with Gasteiger partial charge in [-0.3, -0.25) is 4.90 Å². The maximum absolute atomic E-state index is 9.16. The largest absolute Gasteiger partial charge is 0.368 e. The monoisotopic (exact) mass is 261 g/mol. The standard InChI is InChI=1S/C14H16ClN3/c15-12-2-1-11(10-16)14(9-12)18-7-5-17(6-8-18)13-3-4-13/h1-2,9,13H,3-8H2. The van der Waals surface area contributed by atoms with Crippen LogP contribution < -0.4 is 4.90 Å². The van der Waals surface area contributed by atoms with Crippen LogP contribution in [0.2, 0.25) is 5.02 Å². The van der Waals surface area contributed by atoms with E-state index in [0.29, 0.717) is 5.02 Å². The molecule has 1 aromatic rings. The molecule has 1 heterocycles. The fourth-order valence-electron chi connectivity index (χ4n) is 2.63. The van der Waals surface area contributed by atoms with Crippen LogP contribution in [-0.2, 0) is 0 Å². The lowest BCUT2D eigenvalue weighted by Gasteiger charge is -2.36. The summed E-state index contributed by atoms with van der Waals surface area (Å²) in [5, 5.41) is 9.86. The summed E-state index contributed by atoms with van der Waals surface area (Å²) in [4.78, 5) is 4.84. The summed E-state index contributed by atoms with van der Waals surface area (Å²) in [5.74, 6) is 0. The maximum Gasteiger partial charge on any atom is 0.101 e. The van der Waals surface area contributed by atoms with Crippen LogP contribution in [0.15, 0.2) is 18.2 Å². The molecule has 3 rings (SSSR count). The van der Waals surface area contributed by atoms with Crippen molar-refractivity contribution in [2.24, 2.45) is 0 Å². The van der Waals surface area contributed by atoms with Crippen molar-refractivity contribution in [3.8, 4) is 6.07 Å². The molecule has 0 bridgehead atoms. The molecule has 3 nitrogen and oxygen atoms in total. The highest BCUT2D eigenvalue weighted by Gasteiger charge is 2.31. The minimum Gasteiger partial charge on any atom is -0.368 e. The van der Waals surface area contributed by atoms with E-state index in [1.54, 1.807) is 6.07 Å². The molecule has 0 spiro atoms. The molecular weight excluding hydrogens is 246 g/mol. The Labute approximate surface area is 113 Å². The number of hydrogen-bond acceptors (Lipinski definition) is 3. The number of anilines is 1. The summed E-state index contributed by atoms with van der Waals surface area (Å²) in [6.45, 7) is 4.18. The lowest BCUT2D eigenvalue weighted by atomic mass is 10.1. The Morgan fingerprint density at radius 2 is 1.89 bits per heavy atom. The molecule has 0 N–H and O–H groups in total. The summed E-state index contributed by atoms with van der Waals surface area (Å²) < 4.78 is 0. The quantitative estimate of drug-likeness (QED) is 0.819. The van der Waals surface area contributed by atoms with Gasteiger partial charge in [-0.1, -0.05) is 11.6 Å². The smallest absolute Gasteiger partial charge is 0.101 e. The molecule has 18 heavy (non-hydrogen) atoms. The van der Waals surface area contributed by atoms with Crippen molar-refractivity contribution >= 4 is 17.3 Å². The van der Waals surface area contributed by atoms with Gasteiger partial charge >= 0.3 is 0 Å². The van der Waals surface area contributed by atoms with Crippen molar-refractivity contribution in [1.82, 2.24) is 4.90 Å². The van der Waals surface area contributed by atoms with Crippen molar-refractivity contribution in [2.75, 3.05) is 31.1 Å². The van der Waals surface area contributed by atoms with Crippen molar-refractivity contribution in [1.29, 1.82) is 5.26 Å². The first-order chi connectivity index (χ1) is 8.78. The van der Waals surface area contributed by atoms with Crippen LogP contribution >= 0.6 is 11.6 Å². The molecule has 2 aliphatic rings. The summed E-state index contributed by atoms with van der Waals surface area (Å²) in [7, 11) is 0. The van der Waals surface area contributed by atoms with E-state index in [4.69, 9.17) is 16.9 Å². The minimum atomic E-state index is 0.702. The van der Waals surface area contributed by atoms with E-state index in [2.05, 4.69) is 15.9 Å². The average Bonchev–Trinajstić information content (AvgIpc) is 3.23. The van der Waals surface area contributed by atoms with E-state index in [0.717, 1.165) is 43.5 Å². The van der Waals surface area contributed by atoms with Gasteiger partial charge in [-0.2, -0.15) is 5.26 Å². The molecule has 1 saturated heterocycles. The van der Waals surface area contributed by atoms with Crippen LogP contribution in [0.1, 0.15) is 18.4 Å². The summed E-state index contributed by atoms with van der Waals surface area (Å²) >= 11 is 6.04. The molecule has 4 heteroatoms. The predicted molar refractivity (Wildman–Crippen MR) is 73.0 cm³/mol. The Morgan fingerprint density at radius 1 is 1.17 bits per heavy atom. The molecule has 1 saturated carbocycles. The second-order valence-electron chi connectivity index (χ2n) is 5.03. The zero-order valence-electron chi connectivity index (χ0n) is 10.3. The van der Waals surface area contributed by atoms with Gasteiger partial charge in [0.15, 0.2) is 0 Å². The van der Waals surface area contributed by atoms with Crippen LogP contribution in [-0.4, -0.2) is 37.1 Å². The first-order valence-corrected chi connectivity index (χ1v) is 6.84. The Kier molecular flexibility index (Phi) is 3.15. The van der Waals surface area contributed by atoms with Gasteiger partial charge < -0.3 is 4.90 Å². The zero-order valence-corrected chi connectivity index (χ0v) is 11.0. The molecule has 0 aromatic heterocycles. The van der Waals surface area contributed by atoms with Crippen LogP contribution in [0, 0.1) is 11.3 Å². The molecule has 1 aromatic carbocycles. The van der Waals surface area contributed by atoms with Crippen LogP contribution in [0.5, 0.6) is 0 Å². The lowest BCUT2D eigenvalue weighted by molar-refractivity contribution is 0.248. The summed E-state index contributed by atoms with van der Waals surface area (Å²) in [6.07, 6.45) is 2.72. The molecule has 94 valence electrons. The molecule has 0 amide bonds. The highest BCUT2D eigenvalue weighted by molar-refractivity contribution is 6.30. The van der Waals surface area contributed by atoms with Crippen molar-refractivity contribution in [3.05, 3.63) is 28.8 Å². The molecule has 0 radical (unpaired) electrons. The number of piperazine rings is 1. The van der Waals surface area contributed by atoms with E-state index >= 15 is 0 Å². The lowest BCUT2D eigenvalue weighted by Crippen LogP contribution is -2.47. The number of nitrogens with zero attached hydrogens (tertiary/aromatic N) is 3. The number of rotatable bonds is 2. The normalized spacial score (nSPS) is 20.8. The van der Waals surface area contributed by atoms with Gasteiger partial charge in [0.2, 0.25) is 0 Å². The van der Waals surface area contributed by atoms with Gasteiger partial charge in [0.25, 0.3) is 0 Å². The van der Waals surface area contributed by atoms with E-state index in [9.17, 15) is 0 Å². The van der Waals surface area contributed by atoms with Crippen LogP contribution in [0.4, 0.5) is 5.69 Å². The minimum absolute atomic E-state index is 0.702. The third-order valence-electron chi connectivity index (χ3n) is 3.80. The van der Waals surface area contributed by atoms with Gasteiger partial charge in [0, 0.05) is 37.2 Å². The Hall–Kier alpha value is -1.24. The molecule has 1 aliphatic carbocycles. The summed E-state index contributed by atoms with van der Waals surface area (Å²) in [6, 6.07) is 8.59. The number of nitriles is 1. The van der Waals surface area contributed by atoms with Gasteiger partial charge in [-0.25, -0.2) is 0 Å². The average molecular weight is 262 g/mol. The Morgan fingerprint density at radius 3 is 2.50 bits per heavy atom. The van der Waals surface area contributed by atoms with Gasteiger partial charge in [-0.15, -0.1) is 0 Å². The topological polar surface area (TPSA) is 30.3 Å². The predicted octanol–water partition coefficient (Wildman–Crippen LogP) is 2.50. The van der Waals surface area contributed by atoms with Crippen molar-refractivity contribution in [3.63, 3.8) is 0 Å². The number of hydrogen-bond donors (Lipinski definition) is 0. The number of halogens is 1. The second kappa shape index (κ2) is 4.79. The van der Waals surface area contributed by atoms with Crippen molar-refractivity contribution < 1.29 is 0 Å². The highest BCUT2D eigenvalue weighted by atomic mass is 35.5. The van der Waals surface area contributed by atoms with Gasteiger partial charge in [0.1, 0.15) is 6.07 Å². The fraction of sp³-hybridized carbons (Fsp3) is 0.500. The number of benzene rings is 1.